The molecule has 27 heavy (non-hydrogen) atoms. The van der Waals surface area contributed by atoms with Gasteiger partial charge in [-0.15, -0.1) is 11.3 Å². The summed E-state index contributed by atoms with van der Waals surface area (Å²) in [7, 11) is 0. The van der Waals surface area contributed by atoms with Crippen LogP contribution in [0.25, 0.3) is 11.3 Å². The Morgan fingerprint density at radius 1 is 1.04 bits per heavy atom. The molecule has 0 spiro atoms. The molecule has 4 nitrogen and oxygen atoms in total. The van der Waals surface area contributed by atoms with Crippen LogP contribution in [0, 0.1) is 0 Å². The second-order valence-corrected chi connectivity index (χ2v) is 7.95. The van der Waals surface area contributed by atoms with E-state index in [1.807, 2.05) is 35.2 Å². The highest BCUT2D eigenvalue weighted by atomic mass is 35.5. The molecule has 138 valence electrons. The number of rotatable bonds is 4. The molecular weight excluding hydrogens is 378 g/mol. The van der Waals surface area contributed by atoms with Crippen LogP contribution in [-0.4, -0.2) is 46.9 Å². The molecule has 0 radical (unpaired) electrons. The van der Waals surface area contributed by atoms with E-state index < -0.39 is 0 Å². The lowest BCUT2D eigenvalue weighted by Gasteiger charge is -2.34. The van der Waals surface area contributed by atoms with Crippen LogP contribution < -0.4 is 0 Å². The summed E-state index contributed by atoms with van der Waals surface area (Å²) in [6.07, 6.45) is 0. The fourth-order valence-corrected chi connectivity index (χ4v) is 4.26. The van der Waals surface area contributed by atoms with Crippen molar-refractivity contribution in [3.05, 3.63) is 75.6 Å². The molecule has 0 atom stereocenters. The molecule has 0 unspecified atom stereocenters. The Bertz CT molecular complexity index is 920. The first-order valence-electron chi connectivity index (χ1n) is 8.96. The Morgan fingerprint density at radius 3 is 2.56 bits per heavy atom. The molecule has 0 N–H and O–H groups in total. The van der Waals surface area contributed by atoms with Crippen molar-refractivity contribution in [1.82, 2.24) is 14.8 Å². The molecule has 1 amide bonds. The van der Waals surface area contributed by atoms with Crippen molar-refractivity contribution in [1.29, 1.82) is 0 Å². The number of nitrogens with zero attached hydrogens (tertiary/aromatic N) is 3. The molecule has 1 fully saturated rings. The molecular formula is C21H20ClN3OS. The van der Waals surface area contributed by atoms with Crippen LogP contribution in [0.15, 0.2) is 60.0 Å². The Morgan fingerprint density at radius 2 is 1.81 bits per heavy atom. The molecule has 4 rings (SSSR count). The predicted molar refractivity (Wildman–Crippen MR) is 110 cm³/mol. The quantitative estimate of drug-likeness (QED) is 0.653. The molecule has 2 aromatic carbocycles. The van der Waals surface area contributed by atoms with Crippen LogP contribution in [0.1, 0.15) is 15.4 Å². The lowest BCUT2D eigenvalue weighted by atomic mass is 10.2. The number of hydrogen-bond donors (Lipinski definition) is 0. The van der Waals surface area contributed by atoms with E-state index in [0.29, 0.717) is 10.6 Å². The second-order valence-electron chi connectivity index (χ2n) is 6.57. The minimum atomic E-state index is 0.0535. The number of halogens is 1. The zero-order valence-corrected chi connectivity index (χ0v) is 16.4. The molecule has 2 heterocycles. The Hall–Kier alpha value is -2.21. The fourth-order valence-electron chi connectivity index (χ4n) is 3.23. The van der Waals surface area contributed by atoms with Gasteiger partial charge in [0.25, 0.3) is 5.91 Å². The third kappa shape index (κ3) is 4.38. The van der Waals surface area contributed by atoms with Gasteiger partial charge in [0.2, 0.25) is 0 Å². The number of thiazole rings is 1. The van der Waals surface area contributed by atoms with Crippen LogP contribution in [-0.2, 0) is 6.54 Å². The van der Waals surface area contributed by atoms with E-state index in [-0.39, 0.29) is 5.91 Å². The van der Waals surface area contributed by atoms with Gasteiger partial charge in [-0.05, 0) is 18.2 Å². The molecule has 1 aliphatic rings. The van der Waals surface area contributed by atoms with Crippen molar-refractivity contribution in [2.45, 2.75) is 6.54 Å². The van der Waals surface area contributed by atoms with E-state index in [1.165, 1.54) is 0 Å². The summed E-state index contributed by atoms with van der Waals surface area (Å²) in [6.45, 7) is 3.99. The van der Waals surface area contributed by atoms with Crippen LogP contribution in [0.3, 0.4) is 0 Å². The molecule has 1 aliphatic heterocycles. The summed E-state index contributed by atoms with van der Waals surface area (Å²) in [5, 5.41) is 3.82. The maximum absolute atomic E-state index is 12.6. The van der Waals surface area contributed by atoms with Gasteiger partial charge < -0.3 is 4.90 Å². The lowest BCUT2D eigenvalue weighted by Crippen LogP contribution is -2.48. The first-order chi connectivity index (χ1) is 13.2. The smallest absolute Gasteiger partial charge is 0.253 e. The van der Waals surface area contributed by atoms with Crippen molar-refractivity contribution < 1.29 is 4.79 Å². The van der Waals surface area contributed by atoms with E-state index in [1.54, 1.807) is 23.5 Å². The zero-order valence-electron chi connectivity index (χ0n) is 14.8. The highest BCUT2D eigenvalue weighted by molar-refractivity contribution is 7.09. The van der Waals surface area contributed by atoms with Crippen molar-refractivity contribution in [2.75, 3.05) is 26.2 Å². The van der Waals surface area contributed by atoms with Gasteiger partial charge in [-0.25, -0.2) is 4.98 Å². The topological polar surface area (TPSA) is 36.4 Å². The first-order valence-corrected chi connectivity index (χ1v) is 10.2. The summed E-state index contributed by atoms with van der Waals surface area (Å²) >= 11 is 7.70. The number of aromatic nitrogens is 1. The summed E-state index contributed by atoms with van der Waals surface area (Å²) in [5.41, 5.74) is 2.84. The molecule has 3 aromatic rings. The Kier molecular flexibility index (Phi) is 5.53. The number of hydrogen-bond acceptors (Lipinski definition) is 4. The molecule has 1 aromatic heterocycles. The Balaban J connectivity index is 1.33. The lowest BCUT2D eigenvalue weighted by molar-refractivity contribution is 0.0628. The van der Waals surface area contributed by atoms with Crippen LogP contribution in [0.5, 0.6) is 0 Å². The highest BCUT2D eigenvalue weighted by Crippen LogP contribution is 2.23. The van der Waals surface area contributed by atoms with Crippen molar-refractivity contribution in [2.24, 2.45) is 0 Å². The first kappa shape index (κ1) is 18.2. The van der Waals surface area contributed by atoms with E-state index in [2.05, 4.69) is 22.4 Å². The number of carbonyl (C=O) groups is 1. The average molecular weight is 398 g/mol. The summed E-state index contributed by atoms with van der Waals surface area (Å²) in [6, 6.07) is 17.4. The van der Waals surface area contributed by atoms with Crippen molar-refractivity contribution >= 4 is 28.8 Å². The molecule has 0 aliphatic carbocycles. The van der Waals surface area contributed by atoms with Gasteiger partial charge in [0.1, 0.15) is 5.01 Å². The fraction of sp³-hybridized carbons (Fsp3) is 0.238. The summed E-state index contributed by atoms with van der Waals surface area (Å²) < 4.78 is 0. The van der Waals surface area contributed by atoms with Gasteiger partial charge in [-0.2, -0.15) is 0 Å². The van der Waals surface area contributed by atoms with E-state index in [0.717, 1.165) is 49.0 Å². The normalized spacial score (nSPS) is 15.1. The van der Waals surface area contributed by atoms with Crippen LogP contribution in [0.4, 0.5) is 0 Å². The molecule has 6 heteroatoms. The van der Waals surface area contributed by atoms with Gasteiger partial charge >= 0.3 is 0 Å². The SMILES string of the molecule is O=C(c1cccc(Cl)c1)N1CCN(Cc2nc(-c3ccccc3)cs2)CC1. The minimum Gasteiger partial charge on any atom is -0.336 e. The highest BCUT2D eigenvalue weighted by Gasteiger charge is 2.23. The van der Waals surface area contributed by atoms with Crippen LogP contribution in [0.2, 0.25) is 5.02 Å². The second kappa shape index (κ2) is 8.21. The summed E-state index contributed by atoms with van der Waals surface area (Å²) in [4.78, 5) is 21.6. The molecule has 0 saturated carbocycles. The Labute approximate surface area is 168 Å². The van der Waals surface area contributed by atoms with Crippen LogP contribution >= 0.6 is 22.9 Å². The third-order valence-corrected chi connectivity index (χ3v) is 5.78. The van der Waals surface area contributed by atoms with E-state index >= 15 is 0 Å². The van der Waals surface area contributed by atoms with Gasteiger partial charge in [0, 0.05) is 47.7 Å². The summed E-state index contributed by atoms with van der Waals surface area (Å²) in [5.74, 6) is 0.0535. The maximum atomic E-state index is 12.6. The number of amides is 1. The van der Waals surface area contributed by atoms with Crippen molar-refractivity contribution in [3.8, 4) is 11.3 Å². The van der Waals surface area contributed by atoms with E-state index in [9.17, 15) is 4.79 Å². The van der Waals surface area contributed by atoms with Gasteiger partial charge in [0.15, 0.2) is 0 Å². The maximum Gasteiger partial charge on any atom is 0.253 e. The van der Waals surface area contributed by atoms with Gasteiger partial charge in [-0.3, -0.25) is 9.69 Å². The molecule has 1 saturated heterocycles. The van der Waals surface area contributed by atoms with Gasteiger partial charge in [-0.1, -0.05) is 48.0 Å². The number of carbonyl (C=O) groups excluding carboxylic acids is 1. The largest absolute Gasteiger partial charge is 0.336 e. The average Bonchev–Trinajstić information content (AvgIpc) is 3.17. The predicted octanol–water partition coefficient (Wildman–Crippen LogP) is 4.42. The third-order valence-electron chi connectivity index (χ3n) is 4.71. The monoisotopic (exact) mass is 397 g/mol. The number of piperazine rings is 1. The van der Waals surface area contributed by atoms with Gasteiger partial charge in [0.05, 0.1) is 12.2 Å². The zero-order chi connectivity index (χ0) is 18.6. The van der Waals surface area contributed by atoms with E-state index in [4.69, 9.17) is 16.6 Å². The standard InChI is InChI=1S/C21H20ClN3OS/c22-18-8-4-7-17(13-18)21(26)25-11-9-24(10-12-25)14-20-23-19(15-27-20)16-5-2-1-3-6-16/h1-8,13,15H,9-12,14H2. The minimum absolute atomic E-state index is 0.0535. The van der Waals surface area contributed by atoms with Crippen molar-refractivity contribution in [3.63, 3.8) is 0 Å². The molecule has 0 bridgehead atoms. The number of benzene rings is 2.